The first kappa shape index (κ1) is 20.0. The van der Waals surface area contributed by atoms with Gasteiger partial charge in [-0.1, -0.05) is 29.3 Å². The molecule has 156 valence electrons. The van der Waals surface area contributed by atoms with Crippen LogP contribution in [0.3, 0.4) is 0 Å². The van der Waals surface area contributed by atoms with E-state index in [2.05, 4.69) is 24.1 Å². The van der Waals surface area contributed by atoms with Crippen LogP contribution in [0.2, 0.25) is 0 Å². The number of benzene rings is 1. The maximum absolute atomic E-state index is 13.1. The number of carbonyl (C=O) groups excluding carboxylic acids is 1. The van der Waals surface area contributed by atoms with Crippen molar-refractivity contribution in [3.63, 3.8) is 0 Å². The summed E-state index contributed by atoms with van der Waals surface area (Å²) in [4.78, 5) is 28.7. The Hall–Kier alpha value is -2.34. The van der Waals surface area contributed by atoms with Gasteiger partial charge >= 0.3 is 6.09 Å². The van der Waals surface area contributed by atoms with Gasteiger partial charge in [0.2, 0.25) is 0 Å². The van der Waals surface area contributed by atoms with Gasteiger partial charge in [-0.05, 0) is 58.4 Å². The van der Waals surface area contributed by atoms with Crippen molar-refractivity contribution in [1.82, 2.24) is 10.2 Å². The third-order valence-corrected chi connectivity index (χ3v) is 6.91. The lowest BCUT2D eigenvalue weighted by Gasteiger charge is -2.42. The molecule has 4 rings (SSSR count). The first-order valence-electron chi connectivity index (χ1n) is 10.8. The maximum atomic E-state index is 13.1. The number of carbonyl (C=O) groups is 2. The molecule has 0 aromatic heterocycles. The first-order chi connectivity index (χ1) is 14.0. The molecule has 29 heavy (non-hydrogen) atoms. The van der Waals surface area contributed by atoms with Crippen molar-refractivity contribution in [2.75, 3.05) is 18.0 Å². The summed E-state index contributed by atoms with van der Waals surface area (Å²) in [5.41, 5.74) is 4.75. The predicted molar refractivity (Wildman–Crippen MR) is 113 cm³/mol. The highest BCUT2D eigenvalue weighted by Crippen LogP contribution is 2.39. The zero-order valence-corrected chi connectivity index (χ0v) is 17.4. The number of nitrogens with zero attached hydrogens (tertiary/aromatic N) is 2. The fourth-order valence-corrected chi connectivity index (χ4v) is 5.31. The lowest BCUT2D eigenvalue weighted by Crippen LogP contribution is -2.50. The average Bonchev–Trinajstić information content (AvgIpc) is 2.99. The van der Waals surface area contributed by atoms with Gasteiger partial charge < -0.3 is 20.2 Å². The summed E-state index contributed by atoms with van der Waals surface area (Å²) in [6.07, 6.45) is 5.61. The molecule has 1 aliphatic carbocycles. The fourth-order valence-electron chi connectivity index (χ4n) is 5.31. The molecule has 2 fully saturated rings. The summed E-state index contributed by atoms with van der Waals surface area (Å²) < 4.78 is 0. The summed E-state index contributed by atoms with van der Waals surface area (Å²) >= 11 is 0. The number of hydrogen-bond donors (Lipinski definition) is 2. The van der Waals surface area contributed by atoms with Crippen molar-refractivity contribution in [1.29, 1.82) is 0 Å². The van der Waals surface area contributed by atoms with E-state index in [9.17, 15) is 9.59 Å². The molecule has 1 unspecified atom stereocenters. The van der Waals surface area contributed by atoms with E-state index in [0.717, 1.165) is 37.2 Å². The third kappa shape index (κ3) is 3.90. The minimum atomic E-state index is -1.16. The van der Waals surface area contributed by atoms with E-state index in [0.29, 0.717) is 6.04 Å². The number of likely N-dealkylation sites (tertiary alicyclic amines) is 1. The fraction of sp³-hybridized carbons (Fsp3) is 0.565. The molecule has 3 aliphatic rings. The van der Waals surface area contributed by atoms with Crippen LogP contribution in [-0.2, 0) is 4.79 Å². The highest BCUT2D eigenvalue weighted by molar-refractivity contribution is 6.06. The van der Waals surface area contributed by atoms with Gasteiger partial charge in [0.15, 0.2) is 0 Å². The smallest absolute Gasteiger partial charge is 0.405 e. The molecule has 6 nitrogen and oxygen atoms in total. The van der Waals surface area contributed by atoms with Gasteiger partial charge in [-0.3, -0.25) is 4.79 Å². The van der Waals surface area contributed by atoms with Crippen molar-refractivity contribution in [2.24, 2.45) is 0 Å². The molecule has 2 heterocycles. The molecule has 0 bridgehead atoms. The molecule has 0 radical (unpaired) electrons. The highest BCUT2D eigenvalue weighted by atomic mass is 16.4. The second-order valence-electron chi connectivity index (χ2n) is 8.75. The summed E-state index contributed by atoms with van der Waals surface area (Å²) in [6.45, 7) is 6.45. The van der Waals surface area contributed by atoms with Crippen LogP contribution in [0.25, 0.3) is 0 Å². The van der Waals surface area contributed by atoms with Crippen LogP contribution in [0.15, 0.2) is 35.4 Å². The lowest BCUT2D eigenvalue weighted by molar-refractivity contribution is -0.120. The van der Waals surface area contributed by atoms with E-state index >= 15 is 0 Å². The van der Waals surface area contributed by atoms with Gasteiger partial charge in [0.1, 0.15) is 6.04 Å². The van der Waals surface area contributed by atoms with Crippen molar-refractivity contribution < 1.29 is 14.7 Å². The van der Waals surface area contributed by atoms with Gasteiger partial charge in [0.05, 0.1) is 0 Å². The Morgan fingerprint density at radius 3 is 2.31 bits per heavy atom. The lowest BCUT2D eigenvalue weighted by atomic mass is 9.86. The number of piperidine rings is 1. The van der Waals surface area contributed by atoms with Gasteiger partial charge in [-0.25, -0.2) is 4.79 Å². The molecule has 1 saturated heterocycles. The van der Waals surface area contributed by atoms with Crippen LogP contribution in [0, 0.1) is 0 Å². The molecular weight excluding hydrogens is 366 g/mol. The minimum absolute atomic E-state index is 0.137. The SMILES string of the molecule is CC(C)=C1CCC(N2CCC(N3C(=O)C(NC(=O)O)c4ccccc43)CC2)CC1. The molecule has 1 aromatic rings. The molecule has 1 saturated carbocycles. The Kier molecular flexibility index (Phi) is 5.63. The normalized spacial score (nSPS) is 25.8. The topological polar surface area (TPSA) is 72.9 Å². The Morgan fingerprint density at radius 2 is 1.69 bits per heavy atom. The third-order valence-electron chi connectivity index (χ3n) is 6.91. The van der Waals surface area contributed by atoms with Gasteiger partial charge in [-0.15, -0.1) is 0 Å². The van der Waals surface area contributed by atoms with Crippen LogP contribution in [0.1, 0.15) is 64.0 Å². The standard InChI is InChI=1S/C23H31N3O3/c1-15(2)16-7-9-17(10-8-16)25-13-11-18(12-14-25)26-20-6-4-3-5-19(20)21(22(26)27)24-23(28)29/h3-6,17-18,21,24H,7-14H2,1-2H3,(H,28,29). The van der Waals surface area contributed by atoms with E-state index < -0.39 is 12.1 Å². The summed E-state index contributed by atoms with van der Waals surface area (Å²) in [5.74, 6) is -0.141. The van der Waals surface area contributed by atoms with Crippen LogP contribution in [0.5, 0.6) is 0 Å². The van der Waals surface area contributed by atoms with E-state index in [4.69, 9.17) is 5.11 Å². The highest BCUT2D eigenvalue weighted by Gasteiger charge is 2.42. The molecule has 0 spiro atoms. The summed E-state index contributed by atoms with van der Waals surface area (Å²) in [7, 11) is 0. The van der Waals surface area contributed by atoms with Gasteiger partial charge in [0, 0.05) is 36.4 Å². The second-order valence-corrected chi connectivity index (χ2v) is 8.75. The van der Waals surface area contributed by atoms with Crippen LogP contribution in [-0.4, -0.2) is 47.2 Å². The van der Waals surface area contributed by atoms with Crippen molar-refractivity contribution in [2.45, 2.75) is 70.5 Å². The van der Waals surface area contributed by atoms with E-state index in [1.54, 1.807) is 5.57 Å². The van der Waals surface area contributed by atoms with Crippen molar-refractivity contribution in [3.05, 3.63) is 41.0 Å². The molecule has 2 N–H and O–H groups in total. The quantitative estimate of drug-likeness (QED) is 0.754. The molecule has 1 atom stereocenters. The zero-order valence-electron chi connectivity index (χ0n) is 17.4. The second kappa shape index (κ2) is 8.19. The van der Waals surface area contributed by atoms with Gasteiger partial charge in [-0.2, -0.15) is 0 Å². The number of carboxylic acid groups (broad SMARTS) is 1. The van der Waals surface area contributed by atoms with E-state index in [1.165, 1.54) is 31.3 Å². The van der Waals surface area contributed by atoms with Crippen LogP contribution < -0.4 is 10.2 Å². The molecular formula is C23H31N3O3. The number of nitrogens with one attached hydrogen (secondary N) is 1. The number of amides is 2. The minimum Gasteiger partial charge on any atom is -0.465 e. The average molecular weight is 398 g/mol. The Bertz CT molecular complexity index is 812. The number of allylic oxidation sites excluding steroid dienone is 2. The monoisotopic (exact) mass is 397 g/mol. The number of anilines is 1. The zero-order chi connectivity index (χ0) is 20.5. The molecule has 6 heteroatoms. The molecule has 2 amide bonds. The van der Waals surface area contributed by atoms with Crippen LogP contribution >= 0.6 is 0 Å². The predicted octanol–water partition coefficient (Wildman–Crippen LogP) is 4.09. The number of fused-ring (bicyclic) bond motifs is 1. The van der Waals surface area contributed by atoms with E-state index in [-0.39, 0.29) is 11.9 Å². The Labute approximate surface area is 172 Å². The Balaban J connectivity index is 1.42. The Morgan fingerprint density at radius 1 is 1.03 bits per heavy atom. The molecule has 2 aliphatic heterocycles. The van der Waals surface area contributed by atoms with Gasteiger partial charge in [0.25, 0.3) is 5.91 Å². The summed E-state index contributed by atoms with van der Waals surface area (Å²) in [5, 5.41) is 11.6. The maximum Gasteiger partial charge on any atom is 0.405 e. The molecule has 1 aromatic carbocycles. The summed E-state index contributed by atoms with van der Waals surface area (Å²) in [6, 6.07) is 7.57. The van der Waals surface area contributed by atoms with E-state index in [1.807, 2.05) is 29.2 Å². The van der Waals surface area contributed by atoms with Crippen molar-refractivity contribution >= 4 is 17.7 Å². The number of rotatable bonds is 3. The first-order valence-corrected chi connectivity index (χ1v) is 10.8. The number of hydrogen-bond acceptors (Lipinski definition) is 3. The largest absolute Gasteiger partial charge is 0.465 e. The van der Waals surface area contributed by atoms with Crippen molar-refractivity contribution in [3.8, 4) is 0 Å². The number of para-hydroxylation sites is 1. The van der Waals surface area contributed by atoms with Crippen LogP contribution in [0.4, 0.5) is 10.5 Å².